The lowest BCUT2D eigenvalue weighted by atomic mass is 9.67. The number of imide groups is 1. The van der Waals surface area contributed by atoms with Gasteiger partial charge in [-0.3, -0.25) is 9.69 Å². The van der Waals surface area contributed by atoms with Crippen molar-refractivity contribution >= 4 is 11.9 Å². The highest BCUT2D eigenvalue weighted by molar-refractivity contribution is 6.07. The number of nitrogens with one attached hydrogen (secondary N) is 1. The van der Waals surface area contributed by atoms with Crippen LogP contribution in [0, 0.1) is 11.8 Å². The molecule has 0 aromatic heterocycles. The third-order valence-electron chi connectivity index (χ3n) is 5.53. The van der Waals surface area contributed by atoms with Crippen molar-refractivity contribution in [2.24, 2.45) is 11.8 Å². The van der Waals surface area contributed by atoms with Crippen molar-refractivity contribution in [1.29, 1.82) is 0 Å². The van der Waals surface area contributed by atoms with Gasteiger partial charge in [-0.1, -0.05) is 50.6 Å². The zero-order valence-electron chi connectivity index (χ0n) is 13.7. The van der Waals surface area contributed by atoms with E-state index < -0.39 is 11.6 Å². The zero-order chi connectivity index (χ0) is 16.6. The fourth-order valence-corrected chi connectivity index (χ4v) is 4.07. The third kappa shape index (κ3) is 2.53. The van der Waals surface area contributed by atoms with Crippen LogP contribution in [0.15, 0.2) is 30.3 Å². The summed E-state index contributed by atoms with van der Waals surface area (Å²) >= 11 is 0. The number of amides is 3. The Morgan fingerprint density at radius 3 is 2.43 bits per heavy atom. The van der Waals surface area contributed by atoms with E-state index in [1.54, 1.807) is 12.1 Å². The van der Waals surface area contributed by atoms with Crippen LogP contribution >= 0.6 is 0 Å². The number of carbonyl (C=O) groups excluding carboxylic acids is 2. The molecule has 1 saturated carbocycles. The average Bonchev–Trinajstić information content (AvgIpc) is 2.79. The van der Waals surface area contributed by atoms with Gasteiger partial charge in [-0.15, -0.1) is 0 Å². The van der Waals surface area contributed by atoms with Crippen LogP contribution in [-0.2, 0) is 4.79 Å². The Hall–Kier alpha value is -1.88. The maximum absolute atomic E-state index is 13.0. The largest absolute Gasteiger partial charge is 0.387 e. The van der Waals surface area contributed by atoms with Gasteiger partial charge in [0.25, 0.3) is 5.91 Å². The number of β-amino-alcohol motifs (C(OH)–C–C–N with tert-alkyl or cyclic N) is 1. The number of nitrogens with zero attached hydrogens (tertiary/aromatic N) is 1. The number of hydrogen-bond donors (Lipinski definition) is 2. The zero-order valence-corrected chi connectivity index (χ0v) is 13.7. The summed E-state index contributed by atoms with van der Waals surface area (Å²) in [4.78, 5) is 26.6. The average molecular weight is 316 g/mol. The van der Waals surface area contributed by atoms with Crippen LogP contribution in [0.5, 0.6) is 0 Å². The standard InChI is InChI=1S/C18H24N2O3/c1-12-7-6-8-13(2)18(12)16(22)20(17(23)19-18)11-15(21)14-9-4-3-5-10-14/h3-5,9-10,12-13,15,21H,6-8,11H2,1-2H3,(H,19,23). The second-order valence-electron chi connectivity index (χ2n) is 6.87. The molecule has 1 saturated heterocycles. The molecule has 124 valence electrons. The SMILES string of the molecule is CC1CCCC(C)C12NC(=O)N(CC(O)c1ccccc1)C2=O. The summed E-state index contributed by atoms with van der Waals surface area (Å²) in [6.45, 7) is 4.06. The van der Waals surface area contributed by atoms with Crippen molar-refractivity contribution in [3.8, 4) is 0 Å². The van der Waals surface area contributed by atoms with Gasteiger partial charge in [-0.25, -0.2) is 4.79 Å². The fourth-order valence-electron chi connectivity index (χ4n) is 4.07. The third-order valence-corrected chi connectivity index (χ3v) is 5.53. The first kappa shape index (κ1) is 16.0. The maximum Gasteiger partial charge on any atom is 0.325 e. The van der Waals surface area contributed by atoms with Gasteiger partial charge in [0, 0.05) is 0 Å². The Labute approximate surface area is 136 Å². The van der Waals surface area contributed by atoms with Gasteiger partial charge in [0.2, 0.25) is 0 Å². The van der Waals surface area contributed by atoms with Gasteiger partial charge < -0.3 is 10.4 Å². The molecule has 0 bridgehead atoms. The molecular weight excluding hydrogens is 292 g/mol. The maximum atomic E-state index is 13.0. The Bertz CT molecular complexity index is 592. The van der Waals surface area contributed by atoms with E-state index in [1.807, 2.05) is 32.0 Å². The minimum atomic E-state index is -0.866. The number of benzene rings is 1. The molecule has 2 aliphatic rings. The highest BCUT2D eigenvalue weighted by Gasteiger charge is 2.58. The molecule has 1 aromatic carbocycles. The van der Waals surface area contributed by atoms with E-state index in [0.717, 1.165) is 19.3 Å². The van der Waals surface area contributed by atoms with Crippen LogP contribution in [0.25, 0.3) is 0 Å². The molecule has 1 heterocycles. The molecule has 3 unspecified atom stereocenters. The minimum Gasteiger partial charge on any atom is -0.387 e. The first-order valence-corrected chi connectivity index (χ1v) is 8.34. The normalized spacial score (nSPS) is 32.2. The van der Waals surface area contributed by atoms with Gasteiger partial charge in [-0.05, 0) is 30.2 Å². The predicted octanol–water partition coefficient (Wildman–Crippen LogP) is 2.47. The van der Waals surface area contributed by atoms with Crippen molar-refractivity contribution in [3.63, 3.8) is 0 Å². The molecule has 1 aliphatic heterocycles. The number of carbonyl (C=O) groups is 2. The molecule has 5 nitrogen and oxygen atoms in total. The molecule has 3 atom stereocenters. The molecule has 1 aliphatic carbocycles. The summed E-state index contributed by atoms with van der Waals surface area (Å²) in [5.74, 6) is 0.0420. The Morgan fingerprint density at radius 2 is 1.83 bits per heavy atom. The van der Waals surface area contributed by atoms with Gasteiger partial charge in [0.05, 0.1) is 12.6 Å². The number of urea groups is 1. The summed E-state index contributed by atoms with van der Waals surface area (Å²) in [5.41, 5.74) is -0.0926. The van der Waals surface area contributed by atoms with Crippen LogP contribution < -0.4 is 5.32 Å². The van der Waals surface area contributed by atoms with Crippen LogP contribution in [0.2, 0.25) is 0 Å². The Balaban J connectivity index is 1.82. The molecule has 1 aromatic rings. The van der Waals surface area contributed by atoms with E-state index in [2.05, 4.69) is 5.32 Å². The molecule has 3 amide bonds. The lowest BCUT2D eigenvalue weighted by Crippen LogP contribution is -2.58. The summed E-state index contributed by atoms with van der Waals surface area (Å²) in [6.07, 6.45) is 2.09. The number of rotatable bonds is 3. The van der Waals surface area contributed by atoms with E-state index in [9.17, 15) is 14.7 Å². The van der Waals surface area contributed by atoms with Gasteiger partial charge in [0.1, 0.15) is 5.54 Å². The van der Waals surface area contributed by atoms with Gasteiger partial charge in [0.15, 0.2) is 0 Å². The number of aliphatic hydroxyl groups excluding tert-OH is 1. The highest BCUT2D eigenvalue weighted by atomic mass is 16.3. The molecule has 0 radical (unpaired) electrons. The second kappa shape index (κ2) is 5.96. The molecule has 3 rings (SSSR count). The van der Waals surface area contributed by atoms with E-state index >= 15 is 0 Å². The molecule has 2 N–H and O–H groups in total. The van der Waals surface area contributed by atoms with E-state index in [0.29, 0.717) is 5.56 Å². The molecule has 5 heteroatoms. The Kier molecular flexibility index (Phi) is 4.15. The summed E-state index contributed by atoms with van der Waals surface area (Å²) < 4.78 is 0. The van der Waals surface area contributed by atoms with E-state index in [1.165, 1.54) is 4.90 Å². The highest BCUT2D eigenvalue weighted by Crippen LogP contribution is 2.42. The van der Waals surface area contributed by atoms with Crippen LogP contribution in [0.1, 0.15) is 44.8 Å². The molecule has 2 fully saturated rings. The van der Waals surface area contributed by atoms with Gasteiger partial charge >= 0.3 is 6.03 Å². The lowest BCUT2D eigenvalue weighted by molar-refractivity contribution is -0.137. The van der Waals surface area contributed by atoms with Crippen LogP contribution in [0.3, 0.4) is 0 Å². The molecule has 1 spiro atoms. The smallest absolute Gasteiger partial charge is 0.325 e. The lowest BCUT2D eigenvalue weighted by Gasteiger charge is -2.42. The first-order chi connectivity index (χ1) is 11.0. The quantitative estimate of drug-likeness (QED) is 0.842. The van der Waals surface area contributed by atoms with Crippen LogP contribution in [-0.4, -0.2) is 34.0 Å². The fraction of sp³-hybridized carbons (Fsp3) is 0.556. The second-order valence-corrected chi connectivity index (χ2v) is 6.87. The topological polar surface area (TPSA) is 69.6 Å². The van der Waals surface area contributed by atoms with E-state index in [4.69, 9.17) is 0 Å². The monoisotopic (exact) mass is 316 g/mol. The van der Waals surface area contributed by atoms with Crippen LogP contribution in [0.4, 0.5) is 4.79 Å². The predicted molar refractivity (Wildman–Crippen MR) is 86.6 cm³/mol. The molecular formula is C18H24N2O3. The van der Waals surface area contributed by atoms with E-state index in [-0.39, 0.29) is 30.3 Å². The number of aliphatic hydroxyl groups is 1. The summed E-state index contributed by atoms with van der Waals surface area (Å²) in [7, 11) is 0. The molecule has 23 heavy (non-hydrogen) atoms. The van der Waals surface area contributed by atoms with Gasteiger partial charge in [-0.2, -0.15) is 0 Å². The van der Waals surface area contributed by atoms with Crippen molar-refractivity contribution < 1.29 is 14.7 Å². The Morgan fingerprint density at radius 1 is 1.22 bits per heavy atom. The minimum absolute atomic E-state index is 0.00410. The van der Waals surface area contributed by atoms with Crippen molar-refractivity contribution in [1.82, 2.24) is 10.2 Å². The van der Waals surface area contributed by atoms with Crippen molar-refractivity contribution in [3.05, 3.63) is 35.9 Å². The van der Waals surface area contributed by atoms with Crippen molar-refractivity contribution in [2.45, 2.75) is 44.8 Å². The van der Waals surface area contributed by atoms with Crippen molar-refractivity contribution in [2.75, 3.05) is 6.54 Å². The summed E-state index contributed by atoms with van der Waals surface area (Å²) in [6, 6.07) is 8.74. The first-order valence-electron chi connectivity index (χ1n) is 8.34. The number of hydrogen-bond acceptors (Lipinski definition) is 3. The summed E-state index contributed by atoms with van der Waals surface area (Å²) in [5, 5.41) is 13.3.